The van der Waals surface area contributed by atoms with Gasteiger partial charge in [-0.2, -0.15) is 0 Å². The molecule has 3 N–H and O–H groups in total. The van der Waals surface area contributed by atoms with E-state index in [9.17, 15) is 8.42 Å². The van der Waals surface area contributed by atoms with Gasteiger partial charge < -0.3 is 15.7 Å². The maximum absolute atomic E-state index is 11.6. The van der Waals surface area contributed by atoms with E-state index in [0.717, 1.165) is 19.1 Å². The molecule has 1 fully saturated rings. The van der Waals surface area contributed by atoms with Crippen LogP contribution in [0, 0.1) is 0 Å². The third kappa shape index (κ3) is 2.59. The maximum Gasteiger partial charge on any atom is 0.177 e. The molecule has 1 aliphatic carbocycles. The van der Waals surface area contributed by atoms with E-state index in [4.69, 9.17) is 10.8 Å². The van der Waals surface area contributed by atoms with Crippen molar-refractivity contribution in [3.63, 3.8) is 0 Å². The quantitative estimate of drug-likeness (QED) is 0.767. The Balaban J connectivity index is 2.44. The van der Waals surface area contributed by atoms with Gasteiger partial charge >= 0.3 is 0 Å². The number of para-hydroxylation sites is 1. The van der Waals surface area contributed by atoms with Crippen molar-refractivity contribution in [3.8, 4) is 0 Å². The minimum atomic E-state index is -3.32. The highest BCUT2D eigenvalue weighted by Crippen LogP contribution is 2.36. The van der Waals surface area contributed by atoms with Crippen LogP contribution in [0.25, 0.3) is 0 Å². The lowest BCUT2D eigenvalue weighted by molar-refractivity contribution is 0.301. The van der Waals surface area contributed by atoms with Gasteiger partial charge in [-0.05, 0) is 25.0 Å². The van der Waals surface area contributed by atoms with Gasteiger partial charge in [0.15, 0.2) is 9.84 Å². The van der Waals surface area contributed by atoms with Crippen molar-refractivity contribution in [2.45, 2.75) is 23.8 Å². The third-order valence-corrected chi connectivity index (χ3v) is 4.24. The third-order valence-electron chi connectivity index (χ3n) is 3.08. The lowest BCUT2D eigenvalue weighted by Gasteiger charge is -2.26. The lowest BCUT2D eigenvalue weighted by atomic mass is 10.2. The number of aliphatic hydroxyl groups excluding tert-OH is 1. The number of benzene rings is 1. The number of aliphatic hydroxyl groups is 1. The van der Waals surface area contributed by atoms with E-state index in [1.165, 1.54) is 6.07 Å². The molecule has 100 valence electrons. The Morgan fingerprint density at radius 3 is 2.61 bits per heavy atom. The summed E-state index contributed by atoms with van der Waals surface area (Å²) in [5, 5.41) is 9.09. The van der Waals surface area contributed by atoms with Gasteiger partial charge in [0, 0.05) is 18.8 Å². The molecule has 0 aliphatic heterocycles. The lowest BCUT2D eigenvalue weighted by Crippen LogP contribution is -2.30. The molecule has 1 saturated carbocycles. The first-order valence-corrected chi connectivity index (χ1v) is 7.80. The Morgan fingerprint density at radius 1 is 1.44 bits per heavy atom. The number of anilines is 2. The van der Waals surface area contributed by atoms with E-state index in [2.05, 4.69) is 0 Å². The molecule has 5 nitrogen and oxygen atoms in total. The molecule has 0 saturated heterocycles. The van der Waals surface area contributed by atoms with E-state index < -0.39 is 9.84 Å². The van der Waals surface area contributed by atoms with Crippen LogP contribution in [-0.4, -0.2) is 39.0 Å². The zero-order valence-electron chi connectivity index (χ0n) is 10.3. The number of nitrogens with zero attached hydrogens (tertiary/aromatic N) is 1. The summed E-state index contributed by atoms with van der Waals surface area (Å²) in [6.45, 7) is 0.501. The van der Waals surface area contributed by atoms with Gasteiger partial charge in [0.1, 0.15) is 0 Å². The van der Waals surface area contributed by atoms with Gasteiger partial charge in [-0.3, -0.25) is 0 Å². The summed E-state index contributed by atoms with van der Waals surface area (Å²) in [6.07, 6.45) is 3.26. The topological polar surface area (TPSA) is 83.6 Å². The molecule has 1 aromatic carbocycles. The molecule has 0 bridgehead atoms. The van der Waals surface area contributed by atoms with Crippen LogP contribution < -0.4 is 10.6 Å². The molecule has 0 heterocycles. The van der Waals surface area contributed by atoms with Gasteiger partial charge in [-0.1, -0.05) is 6.07 Å². The summed E-state index contributed by atoms with van der Waals surface area (Å²) < 4.78 is 23.2. The number of nitrogens with two attached hydrogens (primary N) is 1. The number of hydrogen-bond acceptors (Lipinski definition) is 5. The highest BCUT2D eigenvalue weighted by Gasteiger charge is 2.30. The van der Waals surface area contributed by atoms with Gasteiger partial charge in [-0.15, -0.1) is 0 Å². The van der Waals surface area contributed by atoms with Crippen molar-refractivity contribution in [3.05, 3.63) is 18.2 Å². The average molecular weight is 270 g/mol. The van der Waals surface area contributed by atoms with Crippen molar-refractivity contribution in [2.24, 2.45) is 0 Å². The fourth-order valence-electron chi connectivity index (χ4n) is 2.10. The maximum atomic E-state index is 11.6. The Bertz CT molecular complexity index is 538. The smallest absolute Gasteiger partial charge is 0.177 e. The van der Waals surface area contributed by atoms with Crippen LogP contribution in [0.3, 0.4) is 0 Å². The summed E-state index contributed by atoms with van der Waals surface area (Å²) in [4.78, 5) is 2.15. The van der Waals surface area contributed by atoms with E-state index in [1.807, 2.05) is 4.90 Å². The highest BCUT2D eigenvalue weighted by molar-refractivity contribution is 7.90. The van der Waals surface area contributed by atoms with E-state index >= 15 is 0 Å². The predicted molar refractivity (Wildman–Crippen MR) is 71.4 cm³/mol. The van der Waals surface area contributed by atoms with Crippen LogP contribution in [0.4, 0.5) is 11.4 Å². The number of hydrogen-bond donors (Lipinski definition) is 2. The molecule has 0 unspecified atom stereocenters. The Kier molecular flexibility index (Phi) is 3.49. The monoisotopic (exact) mass is 270 g/mol. The molecular formula is C12H18N2O3S. The van der Waals surface area contributed by atoms with Gasteiger partial charge in [0.2, 0.25) is 0 Å². The molecule has 0 atom stereocenters. The minimum absolute atomic E-state index is 0.0268. The van der Waals surface area contributed by atoms with Crippen molar-refractivity contribution in [1.82, 2.24) is 0 Å². The second kappa shape index (κ2) is 4.78. The fourth-order valence-corrected chi connectivity index (χ4v) is 2.93. The summed E-state index contributed by atoms with van der Waals surface area (Å²) in [6, 6.07) is 5.37. The number of nitrogen functional groups attached to an aromatic ring is 1. The Labute approximate surface area is 107 Å². The number of sulfone groups is 1. The minimum Gasteiger partial charge on any atom is -0.396 e. The van der Waals surface area contributed by atoms with Crippen LogP contribution in [0.5, 0.6) is 0 Å². The summed E-state index contributed by atoms with van der Waals surface area (Å²) in [7, 11) is -3.32. The molecule has 0 radical (unpaired) electrons. The second-order valence-electron chi connectivity index (χ2n) is 4.61. The van der Waals surface area contributed by atoms with Crippen molar-refractivity contribution >= 4 is 21.2 Å². The second-order valence-corrected chi connectivity index (χ2v) is 6.59. The average Bonchev–Trinajstić information content (AvgIpc) is 3.09. The normalized spacial score (nSPS) is 15.7. The zero-order chi connectivity index (χ0) is 13.3. The largest absolute Gasteiger partial charge is 0.396 e. The van der Waals surface area contributed by atoms with Gasteiger partial charge in [-0.25, -0.2) is 8.42 Å². The van der Waals surface area contributed by atoms with Crippen LogP contribution in [0.2, 0.25) is 0 Å². The molecular weight excluding hydrogens is 252 g/mol. The first kappa shape index (κ1) is 13.2. The first-order chi connectivity index (χ1) is 8.45. The number of rotatable bonds is 5. The fraction of sp³-hybridized carbons (Fsp3) is 0.500. The molecule has 0 amide bonds. The Morgan fingerprint density at radius 2 is 2.11 bits per heavy atom. The van der Waals surface area contributed by atoms with Crippen molar-refractivity contribution < 1.29 is 13.5 Å². The van der Waals surface area contributed by atoms with E-state index in [0.29, 0.717) is 18.3 Å². The molecule has 1 aromatic rings. The van der Waals surface area contributed by atoms with Crippen LogP contribution in [0.15, 0.2) is 23.1 Å². The van der Waals surface area contributed by atoms with Crippen LogP contribution in [-0.2, 0) is 9.84 Å². The summed E-state index contributed by atoms with van der Waals surface area (Å²) in [5.74, 6) is 0. The molecule has 0 spiro atoms. The van der Waals surface area contributed by atoms with Gasteiger partial charge in [0.05, 0.1) is 22.9 Å². The molecule has 1 aliphatic rings. The summed E-state index contributed by atoms with van der Waals surface area (Å²) in [5.41, 5.74) is 6.95. The van der Waals surface area contributed by atoms with E-state index in [1.54, 1.807) is 12.1 Å². The molecule has 0 aromatic heterocycles. The highest BCUT2D eigenvalue weighted by atomic mass is 32.2. The molecule has 2 rings (SSSR count). The summed E-state index contributed by atoms with van der Waals surface area (Å²) >= 11 is 0. The van der Waals surface area contributed by atoms with E-state index in [-0.39, 0.29) is 17.2 Å². The van der Waals surface area contributed by atoms with Crippen LogP contribution >= 0.6 is 0 Å². The van der Waals surface area contributed by atoms with Crippen LogP contribution in [0.1, 0.15) is 12.8 Å². The van der Waals surface area contributed by atoms with Gasteiger partial charge in [0.25, 0.3) is 0 Å². The van der Waals surface area contributed by atoms with Crippen molar-refractivity contribution in [2.75, 3.05) is 30.0 Å². The van der Waals surface area contributed by atoms with Crippen molar-refractivity contribution in [1.29, 1.82) is 0 Å². The molecule has 6 heteroatoms. The zero-order valence-corrected chi connectivity index (χ0v) is 11.2. The predicted octanol–water partition coefficient (Wildman–Crippen LogP) is 0.633. The SMILES string of the molecule is CS(=O)(=O)c1cccc(N(CCO)C2CC2)c1N. The molecule has 18 heavy (non-hydrogen) atoms. The Hall–Kier alpha value is -1.27. The first-order valence-electron chi connectivity index (χ1n) is 5.91. The standard InChI is InChI=1S/C12H18N2O3S/c1-18(16,17)11-4-2-3-10(12(11)13)14(7-8-15)9-5-6-9/h2-4,9,15H,5-8,13H2,1H3.